The highest BCUT2D eigenvalue weighted by atomic mass is 16.4. The van der Waals surface area contributed by atoms with Crippen LogP contribution >= 0.6 is 0 Å². The molecule has 4 aromatic carbocycles. The molecule has 0 saturated heterocycles. The molecule has 0 heterocycles. The average molecular weight is 547 g/mol. The van der Waals surface area contributed by atoms with Crippen molar-refractivity contribution < 1.29 is 20.1 Å². The minimum atomic E-state index is -0.900. The topological polar surface area (TPSA) is 77.8 Å². The third-order valence-corrected chi connectivity index (χ3v) is 10.3. The third-order valence-electron chi connectivity index (χ3n) is 10.3. The van der Waals surface area contributed by atoms with Crippen LogP contribution in [0.1, 0.15) is 71.1 Å². The van der Waals surface area contributed by atoms with Crippen molar-refractivity contribution in [1.29, 1.82) is 0 Å². The van der Waals surface area contributed by atoms with Gasteiger partial charge in [0.1, 0.15) is 0 Å². The largest absolute Gasteiger partial charge is 0.478 e. The van der Waals surface area contributed by atoms with Crippen molar-refractivity contribution in [2.75, 3.05) is 6.61 Å². The fraction of sp³-hybridized carbons (Fsp3) is 0.378. The first kappa shape index (κ1) is 26.4. The zero-order valence-corrected chi connectivity index (χ0v) is 23.4. The normalized spacial score (nSPS) is 25.5. The van der Waals surface area contributed by atoms with Crippen molar-refractivity contribution in [2.45, 2.75) is 62.9 Å². The molecule has 4 nitrogen and oxygen atoms in total. The molecule has 0 aromatic heterocycles. The highest BCUT2D eigenvalue weighted by molar-refractivity contribution is 5.99. The second-order valence-electron chi connectivity index (χ2n) is 13.1. The molecule has 4 aromatic rings. The van der Waals surface area contributed by atoms with Crippen LogP contribution in [0.2, 0.25) is 0 Å². The van der Waals surface area contributed by atoms with Gasteiger partial charge in [-0.1, -0.05) is 66.7 Å². The van der Waals surface area contributed by atoms with Crippen LogP contribution in [0, 0.1) is 17.8 Å². The molecular formula is C37H38O4. The molecule has 4 saturated carbocycles. The lowest BCUT2D eigenvalue weighted by atomic mass is 9.47. The molecule has 0 amide bonds. The second-order valence-corrected chi connectivity index (χ2v) is 13.1. The summed E-state index contributed by atoms with van der Waals surface area (Å²) in [6.45, 7) is -0.226. The van der Waals surface area contributed by atoms with Gasteiger partial charge in [0.05, 0.1) is 18.3 Å². The molecule has 3 N–H and O–H groups in total. The van der Waals surface area contributed by atoms with Crippen LogP contribution in [-0.4, -0.2) is 34.0 Å². The molecule has 4 aliphatic rings. The second kappa shape index (κ2) is 10.4. The number of benzene rings is 4. The summed E-state index contributed by atoms with van der Waals surface area (Å²) in [5.41, 5.74) is 7.29. The Bertz CT molecular complexity index is 1570. The maximum absolute atomic E-state index is 12.1. The van der Waals surface area contributed by atoms with Crippen molar-refractivity contribution in [3.05, 3.63) is 107 Å². The van der Waals surface area contributed by atoms with Crippen LogP contribution in [0.3, 0.4) is 0 Å². The predicted octanol–water partition coefficient (Wildman–Crippen LogP) is 7.16. The Morgan fingerprint density at radius 3 is 2.15 bits per heavy atom. The molecule has 1 unspecified atom stereocenters. The maximum Gasteiger partial charge on any atom is 0.335 e. The van der Waals surface area contributed by atoms with Crippen molar-refractivity contribution in [3.63, 3.8) is 0 Å². The third kappa shape index (κ3) is 4.87. The number of rotatable bonds is 8. The number of aromatic carboxylic acids is 1. The molecule has 0 radical (unpaired) electrons. The number of hydrogen-bond donors (Lipinski definition) is 3. The lowest BCUT2D eigenvalue weighted by Crippen LogP contribution is -2.49. The smallest absolute Gasteiger partial charge is 0.335 e. The van der Waals surface area contributed by atoms with Gasteiger partial charge in [-0.2, -0.15) is 0 Å². The maximum atomic E-state index is 12.1. The van der Waals surface area contributed by atoms with Crippen LogP contribution < -0.4 is 0 Å². The van der Waals surface area contributed by atoms with E-state index in [1.807, 2.05) is 36.4 Å². The first-order valence-corrected chi connectivity index (χ1v) is 15.2. The Labute approximate surface area is 241 Å². The molecule has 4 bridgehead atoms. The molecule has 8 rings (SSSR count). The zero-order chi connectivity index (χ0) is 28.1. The van der Waals surface area contributed by atoms with E-state index in [4.69, 9.17) is 0 Å². The monoisotopic (exact) mass is 546 g/mol. The SMILES string of the molecule is O=C(O)c1ccc2cc(-c3ccc(CC(O)CO)c(C45CC6CC(CC(C6)C4)C5)c3)ccc2c1Cc1ccccc1. The predicted molar refractivity (Wildman–Crippen MR) is 162 cm³/mol. The molecule has 0 aliphatic heterocycles. The summed E-state index contributed by atoms with van der Waals surface area (Å²) in [6.07, 6.45) is 8.14. The highest BCUT2D eigenvalue weighted by Crippen LogP contribution is 2.61. The van der Waals surface area contributed by atoms with E-state index in [0.717, 1.165) is 50.8 Å². The number of aliphatic hydroxyl groups is 2. The zero-order valence-electron chi connectivity index (χ0n) is 23.4. The van der Waals surface area contributed by atoms with E-state index in [1.165, 1.54) is 49.7 Å². The number of aliphatic hydroxyl groups excluding tert-OH is 2. The Hall–Kier alpha value is -3.47. The fourth-order valence-corrected chi connectivity index (χ4v) is 8.95. The lowest BCUT2D eigenvalue weighted by molar-refractivity contribution is -0.00589. The van der Waals surface area contributed by atoms with Gasteiger partial charge in [0.2, 0.25) is 0 Å². The average Bonchev–Trinajstić information content (AvgIpc) is 2.97. The molecule has 4 heteroatoms. The van der Waals surface area contributed by atoms with Gasteiger partial charge in [-0.15, -0.1) is 0 Å². The number of carboxylic acid groups (broad SMARTS) is 1. The van der Waals surface area contributed by atoms with Gasteiger partial charge in [-0.3, -0.25) is 0 Å². The fourth-order valence-electron chi connectivity index (χ4n) is 8.95. The van der Waals surface area contributed by atoms with Gasteiger partial charge < -0.3 is 15.3 Å². The van der Waals surface area contributed by atoms with Crippen molar-refractivity contribution >= 4 is 16.7 Å². The lowest BCUT2D eigenvalue weighted by Gasteiger charge is -2.57. The van der Waals surface area contributed by atoms with Gasteiger partial charge in [-0.25, -0.2) is 4.79 Å². The number of fused-ring (bicyclic) bond motifs is 1. The van der Waals surface area contributed by atoms with Gasteiger partial charge >= 0.3 is 5.97 Å². The molecule has 210 valence electrons. The summed E-state index contributed by atoms with van der Waals surface area (Å²) in [6, 6.07) is 26.8. The summed E-state index contributed by atoms with van der Waals surface area (Å²) < 4.78 is 0. The van der Waals surface area contributed by atoms with Gasteiger partial charge in [-0.05, 0) is 124 Å². The van der Waals surface area contributed by atoms with E-state index in [-0.39, 0.29) is 12.0 Å². The summed E-state index contributed by atoms with van der Waals surface area (Å²) in [5.74, 6) is 1.54. The Balaban J connectivity index is 1.31. The van der Waals surface area contributed by atoms with E-state index in [0.29, 0.717) is 18.4 Å². The molecule has 41 heavy (non-hydrogen) atoms. The van der Waals surface area contributed by atoms with Crippen LogP contribution in [0.25, 0.3) is 21.9 Å². The summed E-state index contributed by atoms with van der Waals surface area (Å²) >= 11 is 0. The molecular weight excluding hydrogens is 508 g/mol. The minimum Gasteiger partial charge on any atom is -0.478 e. The van der Waals surface area contributed by atoms with Crippen LogP contribution in [0.4, 0.5) is 0 Å². The van der Waals surface area contributed by atoms with E-state index < -0.39 is 12.1 Å². The van der Waals surface area contributed by atoms with Crippen LogP contribution in [-0.2, 0) is 18.3 Å². The first-order chi connectivity index (χ1) is 19.9. The summed E-state index contributed by atoms with van der Waals surface area (Å²) in [5, 5.41) is 32.0. The van der Waals surface area contributed by atoms with E-state index in [1.54, 1.807) is 6.07 Å². The molecule has 0 spiro atoms. The Morgan fingerprint density at radius 2 is 1.49 bits per heavy atom. The minimum absolute atomic E-state index is 0.172. The Kier molecular flexibility index (Phi) is 6.72. The number of hydrogen-bond acceptors (Lipinski definition) is 3. The quantitative estimate of drug-likeness (QED) is 0.219. The molecule has 1 atom stereocenters. The standard InChI is InChI=1S/C37H38O4/c38-22-31(39)17-30-7-6-28(18-35(30)37-19-24-12-25(20-37)14-26(13-24)21-37)27-8-10-32-29(16-27)9-11-33(36(40)41)34(32)15-23-4-2-1-3-5-23/h1-11,16,18,24-26,31,38-39H,12-15,17,19-22H2,(H,40,41). The summed E-state index contributed by atoms with van der Waals surface area (Å²) in [7, 11) is 0. The van der Waals surface area contributed by atoms with Gasteiger partial charge in [0.15, 0.2) is 0 Å². The van der Waals surface area contributed by atoms with Crippen LogP contribution in [0.15, 0.2) is 78.9 Å². The number of carboxylic acids is 1. The molecule has 4 fully saturated rings. The van der Waals surface area contributed by atoms with E-state index in [2.05, 4.69) is 36.4 Å². The van der Waals surface area contributed by atoms with Crippen molar-refractivity contribution in [2.24, 2.45) is 17.8 Å². The van der Waals surface area contributed by atoms with Crippen LogP contribution in [0.5, 0.6) is 0 Å². The van der Waals surface area contributed by atoms with E-state index in [9.17, 15) is 20.1 Å². The highest BCUT2D eigenvalue weighted by Gasteiger charge is 2.52. The first-order valence-electron chi connectivity index (χ1n) is 15.2. The Morgan fingerprint density at radius 1 is 0.829 bits per heavy atom. The summed E-state index contributed by atoms with van der Waals surface area (Å²) in [4.78, 5) is 12.1. The number of carbonyl (C=O) groups is 1. The van der Waals surface area contributed by atoms with Crippen molar-refractivity contribution in [1.82, 2.24) is 0 Å². The molecule has 4 aliphatic carbocycles. The van der Waals surface area contributed by atoms with Crippen molar-refractivity contribution in [3.8, 4) is 11.1 Å². The van der Waals surface area contributed by atoms with Gasteiger partial charge in [0.25, 0.3) is 0 Å². The van der Waals surface area contributed by atoms with E-state index >= 15 is 0 Å². The van der Waals surface area contributed by atoms with Gasteiger partial charge in [0, 0.05) is 6.42 Å².